The minimum Gasteiger partial charge on any atom is -0.476 e. The monoisotopic (exact) mass is 243 g/mol. The highest BCUT2D eigenvalue weighted by atomic mass is 32.2. The Balaban J connectivity index is 2.51. The van der Waals surface area contributed by atoms with Crippen molar-refractivity contribution >= 4 is 22.6 Å². The molecule has 1 rings (SSSR count). The zero-order chi connectivity index (χ0) is 12.0. The van der Waals surface area contributed by atoms with Crippen LogP contribution < -0.4 is 5.32 Å². The number of hydrogen-bond acceptors (Lipinski definition) is 5. The van der Waals surface area contributed by atoms with Crippen molar-refractivity contribution < 1.29 is 14.1 Å². The summed E-state index contributed by atoms with van der Waals surface area (Å²) in [6.45, 7) is 2.33. The first-order valence-electron chi connectivity index (χ1n) is 4.77. The Labute approximate surface area is 95.6 Å². The first-order valence-corrected chi connectivity index (χ1v) is 6.26. The van der Waals surface area contributed by atoms with E-state index in [0.29, 0.717) is 23.9 Å². The Kier molecular flexibility index (Phi) is 4.84. The predicted molar refractivity (Wildman–Crippen MR) is 61.0 cm³/mol. The number of aromatic nitrogens is 2. The normalized spacial score (nSPS) is 12.1. The molecule has 0 aliphatic carbocycles. The number of carboxylic acids is 1. The summed E-state index contributed by atoms with van der Waals surface area (Å²) in [5, 5.41) is 11.6. The van der Waals surface area contributed by atoms with Gasteiger partial charge in [0.15, 0.2) is 5.69 Å². The highest BCUT2D eigenvalue weighted by Gasteiger charge is 2.05. The summed E-state index contributed by atoms with van der Waals surface area (Å²) in [6.07, 6.45) is 2.61. The number of hydrogen-bond donors (Lipinski definition) is 2. The van der Waals surface area contributed by atoms with Gasteiger partial charge < -0.3 is 10.4 Å². The summed E-state index contributed by atoms with van der Waals surface area (Å²) in [7, 11) is -0.842. The SMILES string of the molecule is CCS(=O)CCNc1cncc(C(=O)O)n1. The minimum absolute atomic E-state index is 0.110. The largest absolute Gasteiger partial charge is 0.476 e. The molecule has 0 amide bonds. The average molecular weight is 243 g/mol. The van der Waals surface area contributed by atoms with Gasteiger partial charge in [0.1, 0.15) is 5.82 Å². The third-order valence-electron chi connectivity index (χ3n) is 1.81. The third kappa shape index (κ3) is 3.93. The number of anilines is 1. The van der Waals surface area contributed by atoms with Crippen LogP contribution in [0.25, 0.3) is 0 Å². The van der Waals surface area contributed by atoms with Crippen LogP contribution >= 0.6 is 0 Å². The van der Waals surface area contributed by atoms with Crippen LogP contribution in [0, 0.1) is 0 Å². The summed E-state index contributed by atoms with van der Waals surface area (Å²) >= 11 is 0. The molecule has 1 unspecified atom stereocenters. The number of nitrogens with zero attached hydrogens (tertiary/aromatic N) is 2. The van der Waals surface area contributed by atoms with Gasteiger partial charge in [-0.3, -0.25) is 9.19 Å². The number of aromatic carboxylic acids is 1. The molecule has 0 bridgehead atoms. The fraction of sp³-hybridized carbons (Fsp3) is 0.444. The van der Waals surface area contributed by atoms with Crippen molar-refractivity contribution in [3.63, 3.8) is 0 Å². The van der Waals surface area contributed by atoms with Crippen LogP contribution in [0.5, 0.6) is 0 Å². The summed E-state index contributed by atoms with van der Waals surface area (Å²) < 4.78 is 11.1. The molecule has 1 heterocycles. The second-order valence-corrected chi connectivity index (χ2v) is 4.82. The van der Waals surface area contributed by atoms with E-state index in [1.54, 1.807) is 0 Å². The van der Waals surface area contributed by atoms with Gasteiger partial charge in [0.2, 0.25) is 0 Å². The van der Waals surface area contributed by atoms with Gasteiger partial charge in [-0.05, 0) is 0 Å². The van der Waals surface area contributed by atoms with Crippen molar-refractivity contribution in [1.82, 2.24) is 9.97 Å². The average Bonchev–Trinajstić information content (AvgIpc) is 2.29. The van der Waals surface area contributed by atoms with E-state index in [0.717, 1.165) is 0 Å². The van der Waals surface area contributed by atoms with Crippen molar-refractivity contribution in [3.05, 3.63) is 18.1 Å². The molecule has 0 aromatic carbocycles. The fourth-order valence-electron chi connectivity index (χ4n) is 0.991. The Bertz CT molecular complexity index is 397. The summed E-state index contributed by atoms with van der Waals surface area (Å²) in [6, 6.07) is 0. The van der Waals surface area contributed by atoms with Crippen LogP contribution in [0.4, 0.5) is 5.82 Å². The highest BCUT2D eigenvalue weighted by Crippen LogP contribution is 2.01. The molecule has 0 spiro atoms. The number of nitrogens with one attached hydrogen (secondary N) is 1. The van der Waals surface area contributed by atoms with E-state index in [-0.39, 0.29) is 5.69 Å². The lowest BCUT2D eigenvalue weighted by molar-refractivity contribution is 0.0690. The molecular formula is C9H13N3O3S. The predicted octanol–water partition coefficient (Wildman–Crippen LogP) is 0.355. The van der Waals surface area contributed by atoms with Gasteiger partial charge in [0, 0.05) is 28.9 Å². The molecular weight excluding hydrogens is 230 g/mol. The van der Waals surface area contributed by atoms with Crippen molar-refractivity contribution in [2.24, 2.45) is 0 Å². The van der Waals surface area contributed by atoms with Crippen LogP contribution in [-0.2, 0) is 10.8 Å². The number of carbonyl (C=O) groups is 1. The smallest absolute Gasteiger partial charge is 0.356 e. The molecule has 0 fully saturated rings. The van der Waals surface area contributed by atoms with Crippen molar-refractivity contribution in [3.8, 4) is 0 Å². The maximum Gasteiger partial charge on any atom is 0.356 e. The molecule has 0 aliphatic rings. The van der Waals surface area contributed by atoms with E-state index < -0.39 is 16.8 Å². The quantitative estimate of drug-likeness (QED) is 0.749. The Morgan fingerprint density at radius 1 is 1.56 bits per heavy atom. The summed E-state index contributed by atoms with van der Waals surface area (Å²) in [4.78, 5) is 18.2. The molecule has 1 aromatic heterocycles. The fourth-order valence-corrected chi connectivity index (χ4v) is 1.61. The third-order valence-corrected chi connectivity index (χ3v) is 3.11. The lowest BCUT2D eigenvalue weighted by Gasteiger charge is -2.04. The molecule has 88 valence electrons. The molecule has 0 radical (unpaired) electrons. The Morgan fingerprint density at radius 3 is 2.94 bits per heavy atom. The van der Waals surface area contributed by atoms with Crippen LogP contribution in [-0.4, -0.2) is 43.3 Å². The van der Waals surface area contributed by atoms with Gasteiger partial charge in [-0.1, -0.05) is 6.92 Å². The van der Waals surface area contributed by atoms with Crippen LogP contribution in [0.3, 0.4) is 0 Å². The summed E-state index contributed by atoms with van der Waals surface area (Å²) in [5.74, 6) is 0.388. The van der Waals surface area contributed by atoms with E-state index in [1.807, 2.05) is 6.92 Å². The van der Waals surface area contributed by atoms with Crippen LogP contribution in [0.2, 0.25) is 0 Å². The zero-order valence-electron chi connectivity index (χ0n) is 8.84. The lowest BCUT2D eigenvalue weighted by atomic mass is 10.4. The van der Waals surface area contributed by atoms with Crippen LogP contribution in [0.1, 0.15) is 17.4 Å². The molecule has 7 heteroatoms. The second-order valence-electron chi connectivity index (χ2n) is 2.95. The zero-order valence-corrected chi connectivity index (χ0v) is 9.66. The molecule has 0 aliphatic heterocycles. The van der Waals surface area contributed by atoms with Gasteiger partial charge in [0.05, 0.1) is 12.4 Å². The number of carboxylic acid groups (broad SMARTS) is 1. The van der Waals surface area contributed by atoms with E-state index in [1.165, 1.54) is 12.4 Å². The highest BCUT2D eigenvalue weighted by molar-refractivity contribution is 7.84. The molecule has 0 saturated carbocycles. The maximum atomic E-state index is 11.1. The second kappa shape index (κ2) is 6.16. The van der Waals surface area contributed by atoms with E-state index in [2.05, 4.69) is 15.3 Å². The maximum absolute atomic E-state index is 11.1. The van der Waals surface area contributed by atoms with E-state index in [9.17, 15) is 9.00 Å². The van der Waals surface area contributed by atoms with Gasteiger partial charge in [-0.25, -0.2) is 9.78 Å². The van der Waals surface area contributed by atoms with E-state index in [4.69, 9.17) is 5.11 Å². The molecule has 2 N–H and O–H groups in total. The van der Waals surface area contributed by atoms with Gasteiger partial charge in [-0.2, -0.15) is 0 Å². The standard InChI is InChI=1S/C9H13N3O3S/c1-2-16(15)4-3-11-8-6-10-5-7(12-8)9(13)14/h5-6H,2-4H2,1H3,(H,11,12)(H,13,14). The Morgan fingerprint density at radius 2 is 2.31 bits per heavy atom. The van der Waals surface area contributed by atoms with Crippen molar-refractivity contribution in [1.29, 1.82) is 0 Å². The summed E-state index contributed by atoms with van der Waals surface area (Å²) in [5.41, 5.74) is -0.110. The van der Waals surface area contributed by atoms with Gasteiger partial charge in [-0.15, -0.1) is 0 Å². The van der Waals surface area contributed by atoms with Crippen LogP contribution in [0.15, 0.2) is 12.4 Å². The molecule has 16 heavy (non-hydrogen) atoms. The molecule has 0 saturated heterocycles. The van der Waals surface area contributed by atoms with E-state index >= 15 is 0 Å². The van der Waals surface area contributed by atoms with Crippen molar-refractivity contribution in [2.45, 2.75) is 6.92 Å². The molecule has 1 atom stereocenters. The first kappa shape index (κ1) is 12.6. The lowest BCUT2D eigenvalue weighted by Crippen LogP contribution is -2.14. The topological polar surface area (TPSA) is 92.2 Å². The molecule has 6 nitrogen and oxygen atoms in total. The van der Waals surface area contributed by atoms with Gasteiger partial charge >= 0.3 is 5.97 Å². The van der Waals surface area contributed by atoms with Gasteiger partial charge in [0.25, 0.3) is 0 Å². The minimum atomic E-state index is -1.12. The Hall–Kier alpha value is -1.50. The van der Waals surface area contributed by atoms with Crippen molar-refractivity contribution in [2.75, 3.05) is 23.4 Å². The molecule has 1 aromatic rings. The number of rotatable bonds is 6. The first-order chi connectivity index (χ1) is 7.63.